The first-order valence-electron chi connectivity index (χ1n) is 10.0. The standard InChI is InChI=1S/C23H26O7/c1-23(2)27-14-18(30-23)20-19(24)17(13-26-21(25)15-9-5-3-6-10-15)28-22(29-20)16-11-7-4-8-12-16/h3-12,17-20,22,24H,13-14H2,1-2H3/t17-,18+,19+,20+,22?/m0/s1. The molecule has 0 aromatic heterocycles. The second kappa shape index (κ2) is 8.83. The zero-order valence-electron chi connectivity index (χ0n) is 17.0. The van der Waals surface area contributed by atoms with Gasteiger partial charge in [-0.15, -0.1) is 0 Å². The first-order chi connectivity index (χ1) is 14.4. The van der Waals surface area contributed by atoms with Crippen LogP contribution in [0.4, 0.5) is 0 Å². The van der Waals surface area contributed by atoms with Crippen LogP contribution in [-0.2, 0) is 23.7 Å². The van der Waals surface area contributed by atoms with Crippen molar-refractivity contribution in [1.29, 1.82) is 0 Å². The van der Waals surface area contributed by atoms with E-state index in [0.29, 0.717) is 5.56 Å². The largest absolute Gasteiger partial charge is 0.459 e. The molecule has 30 heavy (non-hydrogen) atoms. The second-order valence-electron chi connectivity index (χ2n) is 7.84. The molecule has 0 radical (unpaired) electrons. The van der Waals surface area contributed by atoms with Gasteiger partial charge in [-0.2, -0.15) is 0 Å². The third-order valence-corrected chi connectivity index (χ3v) is 5.15. The predicted molar refractivity (Wildman–Crippen MR) is 107 cm³/mol. The van der Waals surface area contributed by atoms with Crippen molar-refractivity contribution in [3.63, 3.8) is 0 Å². The smallest absolute Gasteiger partial charge is 0.338 e. The third-order valence-electron chi connectivity index (χ3n) is 5.15. The summed E-state index contributed by atoms with van der Waals surface area (Å²) >= 11 is 0. The summed E-state index contributed by atoms with van der Waals surface area (Å²) in [5.41, 5.74) is 1.23. The summed E-state index contributed by atoms with van der Waals surface area (Å²) in [5, 5.41) is 10.9. The van der Waals surface area contributed by atoms with Gasteiger partial charge >= 0.3 is 5.97 Å². The van der Waals surface area contributed by atoms with Crippen LogP contribution in [0.3, 0.4) is 0 Å². The normalized spacial score (nSPS) is 30.7. The zero-order valence-corrected chi connectivity index (χ0v) is 17.0. The Labute approximate surface area is 175 Å². The highest BCUT2D eigenvalue weighted by Gasteiger charge is 2.48. The van der Waals surface area contributed by atoms with E-state index in [1.54, 1.807) is 24.3 Å². The van der Waals surface area contributed by atoms with E-state index in [-0.39, 0.29) is 13.2 Å². The minimum atomic E-state index is -1.06. The van der Waals surface area contributed by atoms with Gasteiger partial charge in [0.25, 0.3) is 0 Å². The van der Waals surface area contributed by atoms with E-state index < -0.39 is 42.5 Å². The van der Waals surface area contributed by atoms with Crippen molar-refractivity contribution in [1.82, 2.24) is 0 Å². The van der Waals surface area contributed by atoms with Gasteiger partial charge in [-0.3, -0.25) is 0 Å². The molecular formula is C23H26O7. The number of hydrogen-bond donors (Lipinski definition) is 1. The summed E-state index contributed by atoms with van der Waals surface area (Å²) in [6.07, 6.45) is -3.75. The molecule has 2 fully saturated rings. The Kier molecular flexibility index (Phi) is 6.17. The van der Waals surface area contributed by atoms with E-state index in [1.165, 1.54) is 0 Å². The van der Waals surface area contributed by atoms with Crippen molar-refractivity contribution < 1.29 is 33.6 Å². The number of benzene rings is 2. The molecule has 5 atom stereocenters. The molecule has 2 aliphatic heterocycles. The average molecular weight is 414 g/mol. The van der Waals surface area contributed by atoms with Crippen LogP contribution >= 0.6 is 0 Å². The summed E-state index contributed by atoms with van der Waals surface area (Å²) in [4.78, 5) is 12.3. The van der Waals surface area contributed by atoms with Crippen molar-refractivity contribution >= 4 is 5.97 Å². The maximum atomic E-state index is 12.3. The fourth-order valence-corrected chi connectivity index (χ4v) is 3.61. The highest BCUT2D eigenvalue weighted by atomic mass is 16.8. The Morgan fingerprint density at radius 3 is 2.37 bits per heavy atom. The van der Waals surface area contributed by atoms with Gasteiger partial charge in [0.1, 0.15) is 31.0 Å². The molecule has 7 nitrogen and oxygen atoms in total. The lowest BCUT2D eigenvalue weighted by molar-refractivity contribution is -0.312. The minimum Gasteiger partial charge on any atom is -0.459 e. The van der Waals surface area contributed by atoms with Crippen LogP contribution in [-0.4, -0.2) is 54.5 Å². The van der Waals surface area contributed by atoms with Gasteiger partial charge in [0.05, 0.1) is 12.2 Å². The Morgan fingerprint density at radius 2 is 1.73 bits per heavy atom. The molecule has 0 aliphatic carbocycles. The van der Waals surface area contributed by atoms with Crippen molar-refractivity contribution in [3.8, 4) is 0 Å². The van der Waals surface area contributed by atoms with Crippen molar-refractivity contribution in [2.24, 2.45) is 0 Å². The Balaban J connectivity index is 1.50. The first kappa shape index (κ1) is 21.0. The van der Waals surface area contributed by atoms with Crippen molar-refractivity contribution in [2.45, 2.75) is 50.3 Å². The molecule has 2 heterocycles. The highest BCUT2D eigenvalue weighted by molar-refractivity contribution is 5.89. The number of carbonyl (C=O) groups is 1. The molecule has 2 aliphatic rings. The maximum Gasteiger partial charge on any atom is 0.338 e. The van der Waals surface area contributed by atoms with Gasteiger partial charge in [0, 0.05) is 5.56 Å². The molecule has 0 amide bonds. The van der Waals surface area contributed by atoms with Gasteiger partial charge < -0.3 is 28.8 Å². The molecule has 2 aromatic rings. The SMILES string of the molecule is CC1(C)OC[C@H]([C@H]2OC(c3ccccc3)O[C@@H](COC(=O)c3ccccc3)[C@H]2O)O1. The Morgan fingerprint density at radius 1 is 1.07 bits per heavy atom. The van der Waals surface area contributed by atoms with Gasteiger partial charge in [-0.1, -0.05) is 48.5 Å². The molecule has 0 bridgehead atoms. The Bertz CT molecular complexity index is 839. The van der Waals surface area contributed by atoms with Gasteiger partial charge in [-0.05, 0) is 26.0 Å². The number of esters is 1. The van der Waals surface area contributed by atoms with Gasteiger partial charge in [-0.25, -0.2) is 4.79 Å². The molecular weight excluding hydrogens is 388 g/mol. The average Bonchev–Trinajstić information content (AvgIpc) is 3.13. The quantitative estimate of drug-likeness (QED) is 0.753. The molecule has 7 heteroatoms. The Hall–Kier alpha value is -2.29. The molecule has 0 spiro atoms. The molecule has 1 unspecified atom stereocenters. The van der Waals surface area contributed by atoms with Crippen LogP contribution in [0.5, 0.6) is 0 Å². The summed E-state index contributed by atoms with van der Waals surface area (Å²) in [6, 6.07) is 18.1. The van der Waals surface area contributed by atoms with Gasteiger partial charge in [0.2, 0.25) is 0 Å². The van der Waals surface area contributed by atoms with E-state index >= 15 is 0 Å². The van der Waals surface area contributed by atoms with Crippen LogP contribution in [0.1, 0.15) is 36.1 Å². The van der Waals surface area contributed by atoms with E-state index in [2.05, 4.69) is 0 Å². The monoisotopic (exact) mass is 414 g/mol. The summed E-state index contributed by atoms with van der Waals surface area (Å²) in [7, 11) is 0. The second-order valence-corrected chi connectivity index (χ2v) is 7.84. The molecule has 1 N–H and O–H groups in total. The lowest BCUT2D eigenvalue weighted by Gasteiger charge is -2.41. The predicted octanol–water partition coefficient (Wildman–Crippen LogP) is 2.84. The number of hydrogen-bond acceptors (Lipinski definition) is 7. The molecule has 4 rings (SSSR count). The third kappa shape index (κ3) is 4.71. The van der Waals surface area contributed by atoms with E-state index in [0.717, 1.165) is 5.56 Å². The van der Waals surface area contributed by atoms with Crippen LogP contribution in [0.25, 0.3) is 0 Å². The molecule has 2 saturated heterocycles. The lowest BCUT2D eigenvalue weighted by Crippen LogP contribution is -2.54. The fraction of sp³-hybridized carbons (Fsp3) is 0.435. The van der Waals surface area contributed by atoms with Crippen LogP contribution in [0.15, 0.2) is 60.7 Å². The summed E-state index contributed by atoms with van der Waals surface area (Å²) in [5.74, 6) is -1.24. The topological polar surface area (TPSA) is 83.5 Å². The number of carbonyl (C=O) groups excluding carboxylic acids is 1. The minimum absolute atomic E-state index is 0.116. The summed E-state index contributed by atoms with van der Waals surface area (Å²) < 4.78 is 29.0. The fourth-order valence-electron chi connectivity index (χ4n) is 3.61. The van der Waals surface area contributed by atoms with E-state index in [1.807, 2.05) is 50.2 Å². The van der Waals surface area contributed by atoms with Gasteiger partial charge in [0.15, 0.2) is 12.1 Å². The number of ether oxygens (including phenoxy) is 5. The van der Waals surface area contributed by atoms with Crippen molar-refractivity contribution in [3.05, 3.63) is 71.8 Å². The molecule has 0 saturated carbocycles. The highest BCUT2D eigenvalue weighted by Crippen LogP contribution is 2.36. The number of aliphatic hydroxyl groups is 1. The van der Waals surface area contributed by atoms with E-state index in [4.69, 9.17) is 23.7 Å². The molecule has 2 aromatic carbocycles. The van der Waals surface area contributed by atoms with Crippen LogP contribution < -0.4 is 0 Å². The summed E-state index contributed by atoms with van der Waals surface area (Å²) in [6.45, 7) is 3.79. The van der Waals surface area contributed by atoms with E-state index in [9.17, 15) is 9.90 Å². The maximum absolute atomic E-state index is 12.3. The van der Waals surface area contributed by atoms with Crippen LogP contribution in [0.2, 0.25) is 0 Å². The lowest BCUT2D eigenvalue weighted by atomic mass is 10.0. The van der Waals surface area contributed by atoms with Crippen LogP contribution in [0, 0.1) is 0 Å². The zero-order chi connectivity index (χ0) is 21.1. The number of rotatable bonds is 5. The van der Waals surface area contributed by atoms with Crippen molar-refractivity contribution in [2.75, 3.05) is 13.2 Å². The number of aliphatic hydroxyl groups excluding tert-OH is 1. The molecule has 160 valence electrons. The first-order valence-corrected chi connectivity index (χ1v) is 10.0.